The molecular weight excluding hydrogens is 444 g/mol. The molecule has 7 nitrogen and oxygen atoms in total. The predicted octanol–water partition coefficient (Wildman–Crippen LogP) is 3.29. The van der Waals surface area contributed by atoms with E-state index in [1.165, 1.54) is 12.5 Å². The van der Waals surface area contributed by atoms with E-state index in [0.717, 1.165) is 50.2 Å². The van der Waals surface area contributed by atoms with Gasteiger partial charge < -0.3 is 24.2 Å². The third-order valence-electron chi connectivity index (χ3n) is 9.19. The Balaban J connectivity index is 1.75. The van der Waals surface area contributed by atoms with E-state index >= 15 is 0 Å². The second-order valence-electron chi connectivity index (χ2n) is 10.8. The van der Waals surface area contributed by atoms with Gasteiger partial charge in [-0.3, -0.25) is 9.69 Å². The summed E-state index contributed by atoms with van der Waals surface area (Å²) in [5, 5.41) is 12.8. The molecule has 35 heavy (non-hydrogen) atoms. The van der Waals surface area contributed by atoms with Crippen LogP contribution in [0.15, 0.2) is 30.4 Å². The summed E-state index contributed by atoms with van der Waals surface area (Å²) in [5.41, 5.74) is 0.0783. The van der Waals surface area contributed by atoms with E-state index in [-0.39, 0.29) is 30.1 Å². The van der Waals surface area contributed by atoms with E-state index in [4.69, 9.17) is 14.2 Å². The molecule has 1 aliphatic carbocycles. The van der Waals surface area contributed by atoms with Crippen molar-refractivity contribution >= 4 is 11.7 Å². The van der Waals surface area contributed by atoms with Crippen LogP contribution in [0.3, 0.4) is 0 Å². The highest BCUT2D eigenvalue weighted by molar-refractivity contribution is 5.71. The average molecular weight is 485 g/mol. The van der Waals surface area contributed by atoms with Crippen molar-refractivity contribution in [2.45, 2.75) is 75.7 Å². The summed E-state index contributed by atoms with van der Waals surface area (Å²) in [6, 6.07) is 6.11. The first kappa shape index (κ1) is 24.6. The van der Waals surface area contributed by atoms with Gasteiger partial charge in [0, 0.05) is 55.7 Å². The van der Waals surface area contributed by atoms with Gasteiger partial charge in [-0.25, -0.2) is 0 Å². The molecular formula is C28H40N2O5. The van der Waals surface area contributed by atoms with E-state index in [1.807, 2.05) is 6.07 Å². The molecule has 0 amide bonds. The Morgan fingerprint density at radius 1 is 1.26 bits per heavy atom. The van der Waals surface area contributed by atoms with Crippen molar-refractivity contribution in [3.05, 3.63) is 35.9 Å². The highest BCUT2D eigenvalue weighted by atomic mass is 16.6. The standard InChI is InChI=1S/C28H40N2O5/c1-6-8-16-34-18-28(32)24-27(21-11-10-20(33-5)17-22(21)29(24)4)13-15-30-14-9-12-26(7-2,23(27)30)25(28)35-19(3)31/h9-12,17,23-25,32H,6-8,13-16,18H2,1-5H3/t23?,24-,25-,26-,27-,28+/m1/s1. The number of fused-ring (bicyclic) bond motifs is 1. The lowest BCUT2D eigenvalue weighted by Gasteiger charge is -2.64. The molecule has 5 rings (SSSR count). The van der Waals surface area contributed by atoms with E-state index < -0.39 is 17.1 Å². The quantitative estimate of drug-likeness (QED) is 0.345. The predicted molar refractivity (Wildman–Crippen MR) is 135 cm³/mol. The van der Waals surface area contributed by atoms with Crippen LogP contribution < -0.4 is 9.64 Å². The first-order valence-corrected chi connectivity index (χ1v) is 13.1. The molecule has 6 atom stereocenters. The summed E-state index contributed by atoms with van der Waals surface area (Å²) in [6.07, 6.45) is 7.34. The summed E-state index contributed by atoms with van der Waals surface area (Å²) in [5.74, 6) is 0.427. The van der Waals surface area contributed by atoms with Crippen molar-refractivity contribution in [3.8, 4) is 5.75 Å². The van der Waals surface area contributed by atoms with Crippen LogP contribution in [0, 0.1) is 5.41 Å². The number of hydrogen-bond acceptors (Lipinski definition) is 7. The van der Waals surface area contributed by atoms with Crippen LogP contribution in [0.1, 0.15) is 52.0 Å². The lowest BCUT2D eigenvalue weighted by atomic mass is 9.48. The van der Waals surface area contributed by atoms with E-state index in [2.05, 4.69) is 55.0 Å². The summed E-state index contributed by atoms with van der Waals surface area (Å²) in [7, 11) is 3.74. The van der Waals surface area contributed by atoms with Crippen LogP contribution in [0.25, 0.3) is 0 Å². The first-order chi connectivity index (χ1) is 16.8. The number of likely N-dealkylation sites (N-methyl/N-ethyl adjacent to an activating group) is 1. The zero-order valence-electron chi connectivity index (χ0n) is 21.8. The Bertz CT molecular complexity index is 1010. The maximum atomic E-state index is 12.8. The number of rotatable bonds is 8. The molecule has 1 aromatic rings. The minimum atomic E-state index is -1.40. The Morgan fingerprint density at radius 3 is 2.74 bits per heavy atom. The molecule has 1 aromatic carbocycles. The van der Waals surface area contributed by atoms with Crippen LogP contribution in [0.4, 0.5) is 5.69 Å². The molecule has 7 heteroatoms. The fraction of sp³-hybridized carbons (Fsp3) is 0.679. The van der Waals surface area contributed by atoms with Gasteiger partial charge in [0.15, 0.2) is 0 Å². The highest BCUT2D eigenvalue weighted by Gasteiger charge is 2.77. The number of unbranched alkanes of at least 4 members (excludes halogenated alkanes) is 1. The van der Waals surface area contributed by atoms with Gasteiger partial charge in [-0.2, -0.15) is 0 Å². The molecule has 0 bridgehead atoms. The molecule has 0 aromatic heterocycles. The van der Waals surface area contributed by atoms with Gasteiger partial charge in [0.2, 0.25) is 0 Å². The second-order valence-corrected chi connectivity index (χ2v) is 10.8. The fourth-order valence-electron chi connectivity index (χ4n) is 8.09. The van der Waals surface area contributed by atoms with Gasteiger partial charge in [-0.05, 0) is 37.4 Å². The Kier molecular flexibility index (Phi) is 6.17. The fourth-order valence-corrected chi connectivity index (χ4v) is 8.09. The number of nitrogens with zero attached hydrogens (tertiary/aromatic N) is 2. The molecule has 4 aliphatic rings. The SMILES string of the molecule is CCCCOC[C@@]1(O)[C@H](OC(C)=O)[C@]2(CC)C=CCN3CC[C@@]4(c5ccc(OC)cc5N(C)[C@@H]14)C32. The Morgan fingerprint density at radius 2 is 2.06 bits per heavy atom. The number of hydrogen-bond donors (Lipinski definition) is 1. The Hall–Kier alpha value is -2.09. The number of carbonyl (C=O) groups is 1. The monoisotopic (exact) mass is 484 g/mol. The zero-order valence-corrected chi connectivity index (χ0v) is 21.8. The molecule has 1 spiro atoms. The molecule has 192 valence electrons. The van der Waals surface area contributed by atoms with Gasteiger partial charge in [0.25, 0.3) is 0 Å². The number of ether oxygens (including phenoxy) is 3. The second kappa shape index (κ2) is 8.79. The summed E-state index contributed by atoms with van der Waals surface area (Å²) in [4.78, 5) is 17.3. The molecule has 2 fully saturated rings. The molecule has 3 heterocycles. The molecule has 1 saturated carbocycles. The van der Waals surface area contributed by atoms with Crippen LogP contribution in [0.5, 0.6) is 5.75 Å². The van der Waals surface area contributed by atoms with Crippen LogP contribution in [-0.2, 0) is 19.7 Å². The number of carbonyl (C=O) groups excluding carboxylic acids is 1. The lowest BCUT2D eigenvalue weighted by molar-refractivity contribution is -0.233. The largest absolute Gasteiger partial charge is 0.497 e. The molecule has 1 unspecified atom stereocenters. The topological polar surface area (TPSA) is 71.5 Å². The maximum absolute atomic E-state index is 12.8. The normalized spacial score (nSPS) is 37.1. The van der Waals surface area contributed by atoms with Gasteiger partial charge in [-0.15, -0.1) is 0 Å². The van der Waals surface area contributed by atoms with Crippen LogP contribution in [-0.4, -0.2) is 80.2 Å². The van der Waals surface area contributed by atoms with Crippen molar-refractivity contribution in [1.29, 1.82) is 0 Å². The average Bonchev–Trinajstić information content (AvgIpc) is 3.36. The summed E-state index contributed by atoms with van der Waals surface area (Å²) >= 11 is 0. The minimum absolute atomic E-state index is 0.104. The summed E-state index contributed by atoms with van der Waals surface area (Å²) < 4.78 is 17.9. The molecule has 3 aliphatic heterocycles. The van der Waals surface area contributed by atoms with Crippen molar-refractivity contribution < 1.29 is 24.1 Å². The van der Waals surface area contributed by atoms with E-state index in [0.29, 0.717) is 6.61 Å². The Labute approximate surface area is 209 Å². The lowest BCUT2D eigenvalue weighted by Crippen LogP contribution is -2.80. The van der Waals surface area contributed by atoms with Crippen molar-refractivity contribution in [1.82, 2.24) is 4.90 Å². The van der Waals surface area contributed by atoms with Crippen LogP contribution >= 0.6 is 0 Å². The van der Waals surface area contributed by atoms with Crippen molar-refractivity contribution in [2.75, 3.05) is 45.4 Å². The van der Waals surface area contributed by atoms with Crippen molar-refractivity contribution in [3.63, 3.8) is 0 Å². The summed E-state index contributed by atoms with van der Waals surface area (Å²) in [6.45, 7) is 8.22. The third kappa shape index (κ3) is 3.24. The van der Waals surface area contributed by atoms with Gasteiger partial charge in [-0.1, -0.05) is 38.5 Å². The van der Waals surface area contributed by atoms with E-state index in [1.54, 1.807) is 7.11 Å². The van der Waals surface area contributed by atoms with Crippen LogP contribution in [0.2, 0.25) is 0 Å². The number of methoxy groups -OCH3 is 1. The third-order valence-corrected chi connectivity index (χ3v) is 9.19. The van der Waals surface area contributed by atoms with E-state index in [9.17, 15) is 9.90 Å². The van der Waals surface area contributed by atoms with Crippen molar-refractivity contribution in [2.24, 2.45) is 5.41 Å². The highest BCUT2D eigenvalue weighted by Crippen LogP contribution is 2.67. The molecule has 1 N–H and O–H groups in total. The number of anilines is 1. The maximum Gasteiger partial charge on any atom is 0.303 e. The van der Waals surface area contributed by atoms with Gasteiger partial charge >= 0.3 is 5.97 Å². The molecule has 0 radical (unpaired) electrons. The first-order valence-electron chi connectivity index (χ1n) is 13.1. The smallest absolute Gasteiger partial charge is 0.303 e. The minimum Gasteiger partial charge on any atom is -0.497 e. The number of esters is 1. The van der Waals surface area contributed by atoms with Gasteiger partial charge in [0.05, 0.1) is 19.8 Å². The number of aliphatic hydroxyl groups is 1. The number of benzene rings is 1. The molecule has 1 saturated heterocycles. The van der Waals surface area contributed by atoms with Gasteiger partial charge in [0.1, 0.15) is 17.5 Å². The zero-order chi connectivity index (χ0) is 25.0.